The van der Waals surface area contributed by atoms with E-state index >= 15 is 0 Å². The minimum atomic E-state index is 0.386. The van der Waals surface area contributed by atoms with Crippen LogP contribution < -0.4 is 0 Å². The Morgan fingerprint density at radius 3 is 2.76 bits per heavy atom. The highest BCUT2D eigenvalue weighted by Crippen LogP contribution is 2.24. The molecule has 2 aromatic heterocycles. The van der Waals surface area contributed by atoms with Gasteiger partial charge in [-0.3, -0.25) is 4.90 Å². The molecule has 21 heavy (non-hydrogen) atoms. The summed E-state index contributed by atoms with van der Waals surface area (Å²) < 4.78 is 0. The van der Waals surface area contributed by atoms with Crippen LogP contribution in [0, 0.1) is 13.8 Å². The van der Waals surface area contributed by atoms with E-state index in [0.717, 1.165) is 36.9 Å². The maximum absolute atomic E-state index is 4.77. The molecule has 0 bridgehead atoms. The smallest absolute Gasteiger partial charge is 0.131 e. The van der Waals surface area contributed by atoms with Crippen LogP contribution in [0.3, 0.4) is 0 Å². The summed E-state index contributed by atoms with van der Waals surface area (Å²) >= 11 is 1.81. The second kappa shape index (κ2) is 5.81. The van der Waals surface area contributed by atoms with Crippen molar-refractivity contribution in [2.75, 3.05) is 6.54 Å². The third-order valence-corrected chi connectivity index (χ3v) is 4.98. The molecule has 1 aliphatic rings. The Kier molecular flexibility index (Phi) is 4.04. The van der Waals surface area contributed by atoms with Gasteiger partial charge in [0.05, 0.1) is 16.4 Å². The first-order chi connectivity index (χ1) is 10.0. The lowest BCUT2D eigenvalue weighted by Gasteiger charge is -2.27. The van der Waals surface area contributed by atoms with Crippen LogP contribution in [0.25, 0.3) is 0 Å². The Morgan fingerprint density at radius 2 is 2.10 bits per heavy atom. The van der Waals surface area contributed by atoms with E-state index in [1.165, 1.54) is 21.8 Å². The van der Waals surface area contributed by atoms with E-state index in [0.29, 0.717) is 5.92 Å². The van der Waals surface area contributed by atoms with E-state index < -0.39 is 0 Å². The number of rotatable bonds is 3. The van der Waals surface area contributed by atoms with Crippen LogP contribution in [-0.2, 0) is 19.5 Å². The van der Waals surface area contributed by atoms with Gasteiger partial charge in [0.25, 0.3) is 0 Å². The van der Waals surface area contributed by atoms with Crippen molar-refractivity contribution < 1.29 is 0 Å². The normalized spacial score (nSPS) is 15.5. The predicted octanol–water partition coefficient (Wildman–Crippen LogP) is 3.23. The standard InChI is InChI=1S/C16H22N4S/c1-10(2)16-17-7-13-5-6-20(8-14(13)19-16)9-15-11(3)18-12(4)21-15/h7,10H,5-6,8-9H2,1-4H3. The van der Waals surface area contributed by atoms with Crippen molar-refractivity contribution in [3.63, 3.8) is 0 Å². The third kappa shape index (κ3) is 3.14. The summed E-state index contributed by atoms with van der Waals surface area (Å²) in [5.74, 6) is 1.34. The predicted molar refractivity (Wildman–Crippen MR) is 85.5 cm³/mol. The van der Waals surface area contributed by atoms with Gasteiger partial charge in [0.2, 0.25) is 0 Å². The fourth-order valence-electron chi connectivity index (χ4n) is 2.71. The van der Waals surface area contributed by atoms with Crippen molar-refractivity contribution in [3.05, 3.63) is 38.9 Å². The van der Waals surface area contributed by atoms with E-state index in [2.05, 4.69) is 42.6 Å². The highest BCUT2D eigenvalue weighted by atomic mass is 32.1. The number of thiazole rings is 1. The molecule has 3 heterocycles. The number of hydrogen-bond acceptors (Lipinski definition) is 5. The summed E-state index contributed by atoms with van der Waals surface area (Å²) in [4.78, 5) is 17.6. The van der Waals surface area contributed by atoms with Gasteiger partial charge in [-0.05, 0) is 25.8 Å². The van der Waals surface area contributed by atoms with Crippen molar-refractivity contribution in [2.24, 2.45) is 0 Å². The SMILES string of the molecule is Cc1nc(C)c(CN2CCc3cnc(C(C)C)nc3C2)s1. The molecule has 0 radical (unpaired) electrons. The van der Waals surface area contributed by atoms with Crippen molar-refractivity contribution in [2.45, 2.75) is 53.1 Å². The van der Waals surface area contributed by atoms with Gasteiger partial charge in [0, 0.05) is 36.6 Å². The first-order valence-electron chi connectivity index (χ1n) is 7.53. The summed E-state index contributed by atoms with van der Waals surface area (Å²) in [5, 5.41) is 1.16. The van der Waals surface area contributed by atoms with Crippen LogP contribution in [0.4, 0.5) is 0 Å². The fourth-order valence-corrected chi connectivity index (χ4v) is 3.69. The van der Waals surface area contributed by atoms with Gasteiger partial charge >= 0.3 is 0 Å². The van der Waals surface area contributed by atoms with Gasteiger partial charge in [-0.15, -0.1) is 11.3 Å². The highest BCUT2D eigenvalue weighted by Gasteiger charge is 2.20. The lowest BCUT2D eigenvalue weighted by molar-refractivity contribution is 0.242. The molecule has 0 saturated heterocycles. The maximum atomic E-state index is 4.77. The molecular weight excluding hydrogens is 280 g/mol. The molecule has 112 valence electrons. The first-order valence-corrected chi connectivity index (χ1v) is 8.34. The molecule has 0 aliphatic carbocycles. The summed E-state index contributed by atoms with van der Waals surface area (Å²) in [7, 11) is 0. The first kappa shape index (κ1) is 14.6. The van der Waals surface area contributed by atoms with Crippen molar-refractivity contribution in [1.82, 2.24) is 19.9 Å². The lowest BCUT2D eigenvalue weighted by Crippen LogP contribution is -2.31. The highest BCUT2D eigenvalue weighted by molar-refractivity contribution is 7.11. The van der Waals surface area contributed by atoms with E-state index in [1.807, 2.05) is 17.5 Å². The molecule has 1 aliphatic heterocycles. The summed E-state index contributed by atoms with van der Waals surface area (Å²) in [5.41, 5.74) is 3.69. The Labute approximate surface area is 130 Å². The van der Waals surface area contributed by atoms with Crippen LogP contribution in [0.15, 0.2) is 6.20 Å². The molecule has 0 saturated carbocycles. The van der Waals surface area contributed by atoms with Gasteiger partial charge in [0.15, 0.2) is 0 Å². The zero-order valence-electron chi connectivity index (χ0n) is 13.2. The number of fused-ring (bicyclic) bond motifs is 1. The molecule has 0 unspecified atom stereocenters. The van der Waals surface area contributed by atoms with E-state index in [1.54, 1.807) is 0 Å². The van der Waals surface area contributed by atoms with Crippen LogP contribution in [-0.4, -0.2) is 26.4 Å². The molecule has 0 spiro atoms. The molecular formula is C16H22N4S. The Morgan fingerprint density at radius 1 is 1.29 bits per heavy atom. The number of nitrogens with zero attached hydrogens (tertiary/aromatic N) is 4. The molecule has 5 heteroatoms. The van der Waals surface area contributed by atoms with Crippen LogP contribution in [0.5, 0.6) is 0 Å². The lowest BCUT2D eigenvalue weighted by atomic mass is 10.1. The van der Waals surface area contributed by atoms with Gasteiger partial charge in [0.1, 0.15) is 5.82 Å². The van der Waals surface area contributed by atoms with Gasteiger partial charge in [-0.1, -0.05) is 13.8 Å². The Hall–Kier alpha value is -1.33. The summed E-state index contributed by atoms with van der Waals surface area (Å²) in [6, 6.07) is 0. The molecule has 0 atom stereocenters. The van der Waals surface area contributed by atoms with Gasteiger partial charge < -0.3 is 0 Å². The topological polar surface area (TPSA) is 41.9 Å². The average Bonchev–Trinajstić information content (AvgIpc) is 2.76. The number of aryl methyl sites for hydroxylation is 2. The van der Waals surface area contributed by atoms with Crippen molar-refractivity contribution >= 4 is 11.3 Å². The van der Waals surface area contributed by atoms with E-state index in [-0.39, 0.29) is 0 Å². The van der Waals surface area contributed by atoms with E-state index in [4.69, 9.17) is 4.98 Å². The quantitative estimate of drug-likeness (QED) is 0.873. The largest absolute Gasteiger partial charge is 0.292 e. The second-order valence-electron chi connectivity index (χ2n) is 6.06. The monoisotopic (exact) mass is 302 g/mol. The molecule has 0 N–H and O–H groups in total. The minimum absolute atomic E-state index is 0.386. The zero-order chi connectivity index (χ0) is 15.0. The summed E-state index contributed by atoms with van der Waals surface area (Å²) in [6.07, 6.45) is 3.07. The Bertz CT molecular complexity index is 648. The molecule has 0 fully saturated rings. The molecule has 0 aromatic carbocycles. The van der Waals surface area contributed by atoms with Crippen LogP contribution in [0.1, 0.15) is 52.4 Å². The molecule has 4 nitrogen and oxygen atoms in total. The molecule has 2 aromatic rings. The van der Waals surface area contributed by atoms with Crippen molar-refractivity contribution in [1.29, 1.82) is 0 Å². The van der Waals surface area contributed by atoms with Crippen LogP contribution in [0.2, 0.25) is 0 Å². The summed E-state index contributed by atoms with van der Waals surface area (Å²) in [6.45, 7) is 11.5. The minimum Gasteiger partial charge on any atom is -0.292 e. The maximum Gasteiger partial charge on any atom is 0.131 e. The van der Waals surface area contributed by atoms with Gasteiger partial charge in [-0.25, -0.2) is 15.0 Å². The number of aromatic nitrogens is 3. The molecule has 0 amide bonds. The second-order valence-corrected chi connectivity index (χ2v) is 7.34. The number of hydrogen-bond donors (Lipinski definition) is 0. The van der Waals surface area contributed by atoms with Crippen molar-refractivity contribution in [3.8, 4) is 0 Å². The van der Waals surface area contributed by atoms with E-state index in [9.17, 15) is 0 Å². The van der Waals surface area contributed by atoms with Gasteiger partial charge in [-0.2, -0.15) is 0 Å². The molecule has 3 rings (SSSR count). The zero-order valence-corrected chi connectivity index (χ0v) is 14.0. The van der Waals surface area contributed by atoms with Crippen LogP contribution >= 0.6 is 11.3 Å². The Balaban J connectivity index is 1.77. The average molecular weight is 302 g/mol. The third-order valence-electron chi connectivity index (χ3n) is 3.93. The fraction of sp³-hybridized carbons (Fsp3) is 0.562.